The minimum absolute atomic E-state index is 0.0433. The van der Waals surface area contributed by atoms with E-state index in [0.29, 0.717) is 50.3 Å². The monoisotopic (exact) mass is 554 g/mol. The minimum Gasteiger partial charge on any atom is -0.467 e. The first-order chi connectivity index (χ1) is 18.1. The molecule has 9 heteroatoms. The molecule has 2 N–H and O–H groups in total. The summed E-state index contributed by atoms with van der Waals surface area (Å²) < 4.78 is 54.6. The summed E-state index contributed by atoms with van der Waals surface area (Å²) in [6.07, 6.45) is -0.0761. The van der Waals surface area contributed by atoms with Crippen molar-refractivity contribution in [2.45, 2.75) is 59.8 Å². The lowest BCUT2D eigenvalue weighted by Crippen LogP contribution is -2.35. The Bertz CT molecular complexity index is 1590. The molecular formula is C30H35FN2O5S. The average Bonchev–Trinajstić information content (AvgIpc) is 2.84. The van der Waals surface area contributed by atoms with Crippen LogP contribution in [0.3, 0.4) is 0 Å². The summed E-state index contributed by atoms with van der Waals surface area (Å²) in [5.74, 6) is -1.09. The van der Waals surface area contributed by atoms with Gasteiger partial charge in [-0.25, -0.2) is 17.6 Å². The molecule has 0 bridgehead atoms. The van der Waals surface area contributed by atoms with E-state index in [9.17, 15) is 13.2 Å². The predicted molar refractivity (Wildman–Crippen MR) is 153 cm³/mol. The molecule has 0 spiro atoms. The van der Waals surface area contributed by atoms with Gasteiger partial charge in [-0.3, -0.25) is 4.31 Å². The summed E-state index contributed by atoms with van der Waals surface area (Å²) in [7, 11) is -2.52. The second-order valence-electron chi connectivity index (χ2n) is 11.0. The molecule has 0 unspecified atom stereocenters. The molecule has 0 fully saturated rings. The first kappa shape index (κ1) is 28.6. The molecule has 7 nitrogen and oxygen atoms in total. The Morgan fingerprint density at radius 1 is 1.00 bits per heavy atom. The Morgan fingerprint density at radius 3 is 2.23 bits per heavy atom. The topological polar surface area (TPSA) is 98.9 Å². The number of sulfonamides is 1. The molecule has 0 amide bonds. The van der Waals surface area contributed by atoms with E-state index in [1.807, 2.05) is 46.8 Å². The van der Waals surface area contributed by atoms with Crippen LogP contribution in [-0.4, -0.2) is 33.4 Å². The van der Waals surface area contributed by atoms with Gasteiger partial charge in [0.2, 0.25) is 10.0 Å². The highest BCUT2D eigenvalue weighted by atomic mass is 32.2. The minimum atomic E-state index is -3.80. The zero-order valence-corrected chi connectivity index (χ0v) is 24.4. The molecule has 1 aliphatic heterocycles. The summed E-state index contributed by atoms with van der Waals surface area (Å²) in [6, 6.07) is 10.1. The van der Waals surface area contributed by atoms with Crippen molar-refractivity contribution in [3.8, 4) is 22.3 Å². The van der Waals surface area contributed by atoms with E-state index in [4.69, 9.17) is 15.2 Å². The van der Waals surface area contributed by atoms with Gasteiger partial charge in [0, 0.05) is 22.4 Å². The second-order valence-corrected chi connectivity index (χ2v) is 12.9. The lowest BCUT2D eigenvalue weighted by molar-refractivity contribution is -0.164. The van der Waals surface area contributed by atoms with Gasteiger partial charge in [-0.05, 0) is 87.1 Å². The lowest BCUT2D eigenvalue weighted by atomic mass is 9.79. The van der Waals surface area contributed by atoms with Gasteiger partial charge in [-0.1, -0.05) is 24.3 Å². The quantitative estimate of drug-likeness (QED) is 0.308. The molecule has 1 aliphatic rings. The van der Waals surface area contributed by atoms with Crippen molar-refractivity contribution in [1.29, 1.82) is 0 Å². The maximum absolute atomic E-state index is 15.5. The predicted octanol–water partition coefficient (Wildman–Crippen LogP) is 5.98. The number of fused-ring (bicyclic) bond motifs is 3. The van der Waals surface area contributed by atoms with Crippen LogP contribution < -0.4 is 10.0 Å². The molecule has 3 aromatic rings. The number of benzene rings is 3. The summed E-state index contributed by atoms with van der Waals surface area (Å²) in [6.45, 7) is 10.9. The highest BCUT2D eigenvalue weighted by Gasteiger charge is 2.39. The highest BCUT2D eigenvalue weighted by molar-refractivity contribution is 7.92. The van der Waals surface area contributed by atoms with Gasteiger partial charge in [-0.15, -0.1) is 0 Å². The molecule has 0 aliphatic carbocycles. The van der Waals surface area contributed by atoms with Crippen LogP contribution >= 0.6 is 0 Å². The molecule has 4 rings (SSSR count). The molecule has 1 atom stereocenters. The molecule has 208 valence electrons. The summed E-state index contributed by atoms with van der Waals surface area (Å²) in [4.78, 5) is 13.3. The Morgan fingerprint density at radius 2 is 1.64 bits per heavy atom. The van der Waals surface area contributed by atoms with E-state index in [2.05, 4.69) is 0 Å². The van der Waals surface area contributed by atoms with Gasteiger partial charge in [0.05, 0.1) is 31.2 Å². The number of esters is 1. The first-order valence-electron chi connectivity index (χ1n) is 12.6. The third kappa shape index (κ3) is 5.01. The molecule has 0 aromatic heterocycles. The van der Waals surface area contributed by atoms with E-state index in [-0.39, 0.29) is 6.54 Å². The maximum atomic E-state index is 15.5. The number of carbonyl (C=O) groups is 1. The van der Waals surface area contributed by atoms with Crippen LogP contribution in [0.25, 0.3) is 22.3 Å². The largest absolute Gasteiger partial charge is 0.467 e. The van der Waals surface area contributed by atoms with Gasteiger partial charge < -0.3 is 15.2 Å². The number of hydrogen-bond acceptors (Lipinski definition) is 6. The third-order valence-corrected chi connectivity index (χ3v) is 8.24. The fourth-order valence-corrected chi connectivity index (χ4v) is 6.34. The second kappa shape index (κ2) is 9.95. The number of nitrogen functional groups attached to an aromatic ring is 1. The summed E-state index contributed by atoms with van der Waals surface area (Å²) >= 11 is 0. The first-order valence-corrected chi connectivity index (χ1v) is 14.5. The van der Waals surface area contributed by atoms with Crippen LogP contribution in [0.4, 0.5) is 15.8 Å². The molecule has 0 saturated heterocycles. The summed E-state index contributed by atoms with van der Waals surface area (Å²) in [5.41, 5.74) is 11.4. The van der Waals surface area contributed by atoms with Crippen LogP contribution in [0.2, 0.25) is 0 Å². The third-order valence-electron chi connectivity index (χ3n) is 7.12. The maximum Gasteiger partial charge on any atom is 0.339 e. The highest BCUT2D eigenvalue weighted by Crippen LogP contribution is 2.52. The van der Waals surface area contributed by atoms with E-state index < -0.39 is 33.5 Å². The van der Waals surface area contributed by atoms with Crippen LogP contribution in [0.5, 0.6) is 0 Å². The fourth-order valence-electron chi connectivity index (χ4n) is 5.41. The van der Waals surface area contributed by atoms with Crippen molar-refractivity contribution in [3.63, 3.8) is 0 Å². The Kier molecular flexibility index (Phi) is 7.29. The molecule has 39 heavy (non-hydrogen) atoms. The van der Waals surface area contributed by atoms with Crippen molar-refractivity contribution >= 4 is 27.4 Å². The number of anilines is 2. The van der Waals surface area contributed by atoms with Gasteiger partial charge in [0.15, 0.2) is 6.10 Å². The van der Waals surface area contributed by atoms with E-state index >= 15 is 4.39 Å². The molecule has 0 radical (unpaired) electrons. The molecule has 0 saturated carbocycles. The van der Waals surface area contributed by atoms with E-state index in [1.165, 1.54) is 17.5 Å². The lowest BCUT2D eigenvalue weighted by Gasteiger charge is -2.37. The van der Waals surface area contributed by atoms with Crippen molar-refractivity contribution in [1.82, 2.24) is 0 Å². The number of hydrogen-bond donors (Lipinski definition) is 1. The van der Waals surface area contributed by atoms with Crippen LogP contribution in [-0.2, 0) is 30.8 Å². The SMILES string of the molecule is COC(=O)[C@@H](OC(C)(C)C)c1c(C)c2c(c(C)c1-c1cccc(N)c1C)-c1c(F)cccc1CN2S(C)(=O)=O. The van der Waals surface area contributed by atoms with Crippen LogP contribution in [0.1, 0.15) is 54.7 Å². The van der Waals surface area contributed by atoms with Crippen molar-refractivity contribution in [2.24, 2.45) is 0 Å². The van der Waals surface area contributed by atoms with Gasteiger partial charge in [0.25, 0.3) is 0 Å². The zero-order chi connectivity index (χ0) is 29.0. The average molecular weight is 555 g/mol. The smallest absolute Gasteiger partial charge is 0.339 e. The number of rotatable bonds is 5. The molecule has 1 heterocycles. The fraction of sp³-hybridized carbons (Fsp3) is 0.367. The molecule has 3 aromatic carbocycles. The van der Waals surface area contributed by atoms with E-state index in [0.717, 1.165) is 17.4 Å². The van der Waals surface area contributed by atoms with Gasteiger partial charge >= 0.3 is 5.97 Å². The van der Waals surface area contributed by atoms with Gasteiger partial charge in [0.1, 0.15) is 5.82 Å². The standard InChI is InChI=1S/C30H35FN2O5S/c1-16-20(12-10-14-22(16)32)23-17(2)24-26-19(11-9-13-21(26)31)15-33(39(8,35)36)27(24)18(3)25(23)28(29(34)37-7)38-30(4,5)6/h9-14,28H,15,32H2,1-8H3/t28-/m0/s1. The molecular weight excluding hydrogens is 519 g/mol. The number of methoxy groups -OCH3 is 1. The van der Waals surface area contributed by atoms with Crippen LogP contribution in [0, 0.1) is 26.6 Å². The van der Waals surface area contributed by atoms with Crippen LogP contribution in [0.15, 0.2) is 36.4 Å². The number of nitrogens with two attached hydrogens (primary N) is 1. The number of nitrogens with zero attached hydrogens (tertiary/aromatic N) is 1. The summed E-state index contributed by atoms with van der Waals surface area (Å²) in [5, 5.41) is 0. The van der Waals surface area contributed by atoms with Crippen molar-refractivity contribution in [2.75, 3.05) is 23.4 Å². The number of halogens is 1. The van der Waals surface area contributed by atoms with Crippen molar-refractivity contribution < 1.29 is 27.1 Å². The zero-order valence-electron chi connectivity index (χ0n) is 23.6. The van der Waals surface area contributed by atoms with Gasteiger partial charge in [-0.2, -0.15) is 0 Å². The Hall–Kier alpha value is -3.43. The normalized spacial score (nSPS) is 14.0. The van der Waals surface area contributed by atoms with E-state index in [1.54, 1.807) is 25.1 Å². The Balaban J connectivity index is 2.28. The Labute approximate surface area is 229 Å². The number of ether oxygens (including phenoxy) is 2. The number of carbonyl (C=O) groups excluding carboxylic acids is 1. The van der Waals surface area contributed by atoms with Crippen molar-refractivity contribution in [3.05, 3.63) is 70.0 Å².